The van der Waals surface area contributed by atoms with Crippen LogP contribution in [0.3, 0.4) is 0 Å². The van der Waals surface area contributed by atoms with Crippen molar-refractivity contribution in [3.05, 3.63) is 17.0 Å². The normalized spacial score (nSPS) is 18.1. The lowest BCUT2D eigenvalue weighted by atomic mass is 10.1. The highest BCUT2D eigenvalue weighted by atomic mass is 16.2. The van der Waals surface area contributed by atoms with E-state index in [1.165, 1.54) is 0 Å². The monoisotopic (exact) mass is 293 g/mol. The highest BCUT2D eigenvalue weighted by molar-refractivity contribution is 5.75. The minimum absolute atomic E-state index is 0.0194. The lowest BCUT2D eigenvalue weighted by Crippen LogP contribution is -2.53. The van der Waals surface area contributed by atoms with Gasteiger partial charge in [0.1, 0.15) is 0 Å². The average Bonchev–Trinajstić information content (AvgIpc) is 2.78. The van der Waals surface area contributed by atoms with Gasteiger partial charge in [-0.25, -0.2) is 4.79 Å². The number of H-pyrrole nitrogens is 1. The Morgan fingerprint density at radius 2 is 1.81 bits per heavy atom. The molecule has 1 saturated heterocycles. The Kier molecular flexibility index (Phi) is 4.88. The van der Waals surface area contributed by atoms with Crippen molar-refractivity contribution < 1.29 is 4.79 Å². The van der Waals surface area contributed by atoms with E-state index in [0.717, 1.165) is 43.1 Å². The fourth-order valence-corrected chi connectivity index (χ4v) is 2.99. The Bertz CT molecular complexity index is 469. The van der Waals surface area contributed by atoms with Gasteiger partial charge in [0, 0.05) is 43.5 Å². The third kappa shape index (κ3) is 3.56. The number of carbonyl (C=O) groups is 1. The smallest absolute Gasteiger partial charge is 0.317 e. The number of hydrogen-bond donors (Lipinski definition) is 2. The molecule has 2 amide bonds. The third-order valence-electron chi connectivity index (χ3n) is 4.29. The third-order valence-corrected chi connectivity index (χ3v) is 4.29. The van der Waals surface area contributed by atoms with Crippen LogP contribution in [0.2, 0.25) is 0 Å². The van der Waals surface area contributed by atoms with Crippen LogP contribution in [0.25, 0.3) is 0 Å². The van der Waals surface area contributed by atoms with Gasteiger partial charge < -0.3 is 10.2 Å². The largest absolute Gasteiger partial charge is 0.331 e. The van der Waals surface area contributed by atoms with Crippen molar-refractivity contribution in [3.8, 4) is 0 Å². The maximum absolute atomic E-state index is 12.4. The Labute approximate surface area is 126 Å². The molecule has 0 unspecified atom stereocenters. The number of urea groups is 1. The number of nitrogens with zero attached hydrogens (tertiary/aromatic N) is 3. The second-order valence-electron chi connectivity index (χ2n) is 6.14. The van der Waals surface area contributed by atoms with Crippen LogP contribution in [0.1, 0.15) is 43.8 Å². The summed E-state index contributed by atoms with van der Waals surface area (Å²) in [4.78, 5) is 16.7. The maximum atomic E-state index is 12.4. The van der Waals surface area contributed by atoms with Crippen molar-refractivity contribution in [1.29, 1.82) is 0 Å². The maximum Gasteiger partial charge on any atom is 0.317 e. The van der Waals surface area contributed by atoms with Gasteiger partial charge in [-0.1, -0.05) is 0 Å². The van der Waals surface area contributed by atoms with Gasteiger partial charge in [0.25, 0.3) is 0 Å². The number of carbonyl (C=O) groups excluding carboxylic acids is 1. The van der Waals surface area contributed by atoms with Crippen LogP contribution in [-0.4, -0.2) is 58.2 Å². The molecule has 2 rings (SSSR count). The van der Waals surface area contributed by atoms with Crippen LogP contribution in [0.15, 0.2) is 0 Å². The van der Waals surface area contributed by atoms with E-state index in [0.29, 0.717) is 6.04 Å². The van der Waals surface area contributed by atoms with E-state index in [1.807, 2.05) is 25.7 Å². The lowest BCUT2D eigenvalue weighted by molar-refractivity contribution is 0.118. The van der Waals surface area contributed by atoms with E-state index in [2.05, 4.69) is 34.3 Å². The summed E-state index contributed by atoms with van der Waals surface area (Å²) in [5.41, 5.74) is 3.05. The average molecular weight is 293 g/mol. The molecule has 0 aromatic carbocycles. The molecule has 6 heteroatoms. The molecule has 1 aliphatic rings. The Balaban J connectivity index is 1.91. The molecule has 0 spiro atoms. The van der Waals surface area contributed by atoms with Crippen molar-refractivity contribution in [2.45, 2.75) is 46.7 Å². The molecule has 0 aliphatic carbocycles. The fourth-order valence-electron chi connectivity index (χ4n) is 2.99. The molecule has 1 aromatic rings. The van der Waals surface area contributed by atoms with Crippen molar-refractivity contribution in [1.82, 2.24) is 25.3 Å². The molecule has 1 atom stereocenters. The van der Waals surface area contributed by atoms with E-state index in [4.69, 9.17) is 0 Å². The second kappa shape index (κ2) is 6.47. The first kappa shape index (κ1) is 15.8. The molecule has 1 aliphatic heterocycles. The number of amides is 2. The molecule has 1 fully saturated rings. The summed E-state index contributed by atoms with van der Waals surface area (Å²) in [6, 6.07) is 0.538. The molecule has 2 heterocycles. The number of aryl methyl sites for hydroxylation is 2. The first-order chi connectivity index (χ1) is 9.90. The minimum atomic E-state index is -0.0284. The van der Waals surface area contributed by atoms with Gasteiger partial charge in [-0.05, 0) is 34.6 Å². The first-order valence-electron chi connectivity index (χ1n) is 7.71. The minimum Gasteiger partial charge on any atom is -0.331 e. The van der Waals surface area contributed by atoms with Gasteiger partial charge >= 0.3 is 6.03 Å². The molecule has 6 nitrogen and oxygen atoms in total. The molecule has 0 bridgehead atoms. The molecular formula is C15H27N5O. The lowest BCUT2D eigenvalue weighted by Gasteiger charge is -2.37. The predicted octanol–water partition coefficient (Wildman–Crippen LogP) is 1.82. The highest BCUT2D eigenvalue weighted by Crippen LogP contribution is 2.19. The van der Waals surface area contributed by atoms with Crippen molar-refractivity contribution >= 4 is 6.03 Å². The number of rotatable bonds is 3. The Morgan fingerprint density at radius 1 is 1.19 bits per heavy atom. The second-order valence-corrected chi connectivity index (χ2v) is 6.14. The van der Waals surface area contributed by atoms with Crippen LogP contribution in [0.5, 0.6) is 0 Å². The quantitative estimate of drug-likeness (QED) is 0.893. The summed E-state index contributed by atoms with van der Waals surface area (Å²) >= 11 is 0. The first-order valence-corrected chi connectivity index (χ1v) is 7.71. The van der Waals surface area contributed by atoms with Gasteiger partial charge in [-0.2, -0.15) is 5.10 Å². The number of aromatic nitrogens is 2. The fraction of sp³-hybridized carbons (Fsp3) is 0.733. The predicted molar refractivity (Wildman–Crippen MR) is 83.3 cm³/mol. The van der Waals surface area contributed by atoms with Crippen LogP contribution in [-0.2, 0) is 0 Å². The summed E-state index contributed by atoms with van der Waals surface area (Å²) in [5, 5.41) is 10.2. The zero-order valence-electron chi connectivity index (χ0n) is 13.7. The topological polar surface area (TPSA) is 64.3 Å². The summed E-state index contributed by atoms with van der Waals surface area (Å²) in [7, 11) is 0. The molecule has 0 saturated carbocycles. The SMILES string of the molecule is Cc1n[nH]c(C)c1[C@@H](C)NC(=O)N1CCN(C(C)C)CC1. The van der Waals surface area contributed by atoms with E-state index in [1.54, 1.807) is 0 Å². The molecule has 2 N–H and O–H groups in total. The van der Waals surface area contributed by atoms with Crippen LogP contribution in [0.4, 0.5) is 4.79 Å². The molecular weight excluding hydrogens is 266 g/mol. The van der Waals surface area contributed by atoms with Gasteiger partial charge in [-0.3, -0.25) is 10.00 Å². The van der Waals surface area contributed by atoms with Crippen molar-refractivity contribution in [2.75, 3.05) is 26.2 Å². The number of nitrogens with one attached hydrogen (secondary N) is 2. The molecule has 1 aromatic heterocycles. The van der Waals surface area contributed by atoms with Crippen molar-refractivity contribution in [3.63, 3.8) is 0 Å². The summed E-state index contributed by atoms with van der Waals surface area (Å²) < 4.78 is 0. The summed E-state index contributed by atoms with van der Waals surface area (Å²) in [6.07, 6.45) is 0. The highest BCUT2D eigenvalue weighted by Gasteiger charge is 2.24. The summed E-state index contributed by atoms with van der Waals surface area (Å²) in [6.45, 7) is 13.8. The van der Waals surface area contributed by atoms with Crippen LogP contribution in [0, 0.1) is 13.8 Å². The zero-order chi connectivity index (χ0) is 15.6. The van der Waals surface area contributed by atoms with Gasteiger partial charge in [0.2, 0.25) is 0 Å². The van der Waals surface area contributed by atoms with E-state index in [9.17, 15) is 4.79 Å². The Morgan fingerprint density at radius 3 is 2.29 bits per heavy atom. The number of hydrogen-bond acceptors (Lipinski definition) is 3. The van der Waals surface area contributed by atoms with Crippen molar-refractivity contribution in [2.24, 2.45) is 0 Å². The molecule has 118 valence electrons. The van der Waals surface area contributed by atoms with Gasteiger partial charge in [0.15, 0.2) is 0 Å². The van der Waals surface area contributed by atoms with E-state index < -0.39 is 0 Å². The van der Waals surface area contributed by atoms with E-state index >= 15 is 0 Å². The molecule has 0 radical (unpaired) electrons. The summed E-state index contributed by atoms with van der Waals surface area (Å²) in [5.74, 6) is 0. The number of piperazine rings is 1. The zero-order valence-corrected chi connectivity index (χ0v) is 13.7. The van der Waals surface area contributed by atoms with Gasteiger partial charge in [0.05, 0.1) is 11.7 Å². The standard InChI is InChI=1S/C15H27N5O/c1-10(2)19-6-8-20(9-7-19)15(21)16-11(3)14-12(4)17-18-13(14)5/h10-11H,6-9H2,1-5H3,(H,16,21)(H,17,18)/t11-/m1/s1. The van der Waals surface area contributed by atoms with Crippen LogP contribution >= 0.6 is 0 Å². The molecule has 21 heavy (non-hydrogen) atoms. The van der Waals surface area contributed by atoms with Crippen LogP contribution < -0.4 is 5.32 Å². The Hall–Kier alpha value is -1.56. The number of aromatic amines is 1. The van der Waals surface area contributed by atoms with Gasteiger partial charge in [-0.15, -0.1) is 0 Å². The van der Waals surface area contributed by atoms with E-state index in [-0.39, 0.29) is 12.1 Å².